The van der Waals surface area contributed by atoms with Crippen LogP contribution in [0.25, 0.3) is 6.08 Å². The molecule has 0 aliphatic rings. The number of halogens is 1. The van der Waals surface area contributed by atoms with Gasteiger partial charge in [0.2, 0.25) is 0 Å². The molecule has 0 N–H and O–H groups in total. The van der Waals surface area contributed by atoms with Crippen molar-refractivity contribution in [1.82, 2.24) is 0 Å². The van der Waals surface area contributed by atoms with Crippen LogP contribution in [-0.4, -0.2) is 19.7 Å². The molecule has 0 fully saturated rings. The molecule has 1 rings (SSSR count). The van der Waals surface area contributed by atoms with Gasteiger partial charge in [0, 0.05) is 14.2 Å². The van der Waals surface area contributed by atoms with Crippen LogP contribution in [0.5, 0.6) is 0 Å². The minimum atomic E-state index is -3.72. The highest BCUT2D eigenvalue weighted by Crippen LogP contribution is 2.47. The molecule has 0 saturated carbocycles. The second kappa shape index (κ2) is 5.87. The summed E-state index contributed by atoms with van der Waals surface area (Å²) >= 11 is 0. The standard InChI is InChI=1S/C11H12FO4P/c1-15-17(14,16-2)11(13)8-5-9-3-6-10(12)7-4-9/h3-8H,1-2H3/b8-5+. The van der Waals surface area contributed by atoms with E-state index in [4.69, 9.17) is 0 Å². The highest BCUT2D eigenvalue weighted by molar-refractivity contribution is 7.72. The Labute approximate surface area is 98.6 Å². The number of benzene rings is 1. The van der Waals surface area contributed by atoms with Crippen molar-refractivity contribution in [3.8, 4) is 0 Å². The van der Waals surface area contributed by atoms with Gasteiger partial charge in [-0.3, -0.25) is 9.36 Å². The van der Waals surface area contributed by atoms with Gasteiger partial charge in [0.05, 0.1) is 0 Å². The van der Waals surface area contributed by atoms with Crippen molar-refractivity contribution < 1.29 is 22.8 Å². The van der Waals surface area contributed by atoms with Crippen LogP contribution in [0.1, 0.15) is 5.56 Å². The molecule has 0 heterocycles. The van der Waals surface area contributed by atoms with Crippen LogP contribution in [0.3, 0.4) is 0 Å². The Morgan fingerprint density at radius 2 is 1.76 bits per heavy atom. The molecule has 6 heteroatoms. The summed E-state index contributed by atoms with van der Waals surface area (Å²) in [5.41, 5.74) is -0.148. The number of carbonyl (C=O) groups is 1. The summed E-state index contributed by atoms with van der Waals surface area (Å²) in [7, 11) is -1.45. The van der Waals surface area contributed by atoms with E-state index in [1.54, 1.807) is 0 Å². The first-order valence-electron chi connectivity index (χ1n) is 4.71. The Balaban J connectivity index is 2.81. The molecule has 0 unspecified atom stereocenters. The molecule has 0 amide bonds. The van der Waals surface area contributed by atoms with Crippen LogP contribution in [0.15, 0.2) is 30.3 Å². The van der Waals surface area contributed by atoms with Gasteiger partial charge < -0.3 is 9.05 Å². The van der Waals surface area contributed by atoms with Gasteiger partial charge in [-0.2, -0.15) is 0 Å². The lowest BCUT2D eigenvalue weighted by Gasteiger charge is -2.08. The monoisotopic (exact) mass is 258 g/mol. The highest BCUT2D eigenvalue weighted by atomic mass is 31.2. The molecular weight excluding hydrogens is 246 g/mol. The Kier molecular flexibility index (Phi) is 4.75. The van der Waals surface area contributed by atoms with Crippen LogP contribution in [0.2, 0.25) is 0 Å². The maximum Gasteiger partial charge on any atom is 0.400 e. The quantitative estimate of drug-likeness (QED) is 0.602. The van der Waals surface area contributed by atoms with Crippen LogP contribution in [0, 0.1) is 5.82 Å². The summed E-state index contributed by atoms with van der Waals surface area (Å²) in [5.74, 6) is -0.368. The van der Waals surface area contributed by atoms with Gasteiger partial charge in [-0.25, -0.2) is 4.39 Å². The summed E-state index contributed by atoms with van der Waals surface area (Å²) in [6.45, 7) is 0. The summed E-state index contributed by atoms with van der Waals surface area (Å²) in [6.07, 6.45) is 2.49. The van der Waals surface area contributed by atoms with Crippen LogP contribution < -0.4 is 0 Å². The van der Waals surface area contributed by atoms with Gasteiger partial charge in [0.1, 0.15) is 5.82 Å². The van der Waals surface area contributed by atoms with Gasteiger partial charge in [0.15, 0.2) is 0 Å². The molecule has 0 saturated heterocycles. The third-order valence-electron chi connectivity index (χ3n) is 2.04. The minimum Gasteiger partial charge on any atom is -0.306 e. The second-order valence-electron chi connectivity index (χ2n) is 3.09. The molecule has 0 spiro atoms. The molecule has 0 aliphatic heterocycles. The normalized spacial score (nSPS) is 11.9. The number of hydrogen-bond donors (Lipinski definition) is 0. The zero-order chi connectivity index (χ0) is 12.9. The maximum atomic E-state index is 12.6. The molecule has 1 aromatic carbocycles. The van der Waals surface area contributed by atoms with Crippen molar-refractivity contribution in [2.24, 2.45) is 0 Å². The van der Waals surface area contributed by atoms with E-state index in [0.717, 1.165) is 20.3 Å². The first-order chi connectivity index (χ1) is 8.01. The van der Waals surface area contributed by atoms with Crippen LogP contribution >= 0.6 is 7.60 Å². The summed E-state index contributed by atoms with van der Waals surface area (Å²) < 4.78 is 33.3. The number of carbonyl (C=O) groups excluding carboxylic acids is 1. The molecular formula is C11H12FO4P. The van der Waals surface area contributed by atoms with Gasteiger partial charge >= 0.3 is 7.60 Å². The largest absolute Gasteiger partial charge is 0.400 e. The van der Waals surface area contributed by atoms with Gasteiger partial charge in [0.25, 0.3) is 5.52 Å². The van der Waals surface area contributed by atoms with Crippen molar-refractivity contribution in [1.29, 1.82) is 0 Å². The molecule has 0 aliphatic carbocycles. The van der Waals surface area contributed by atoms with Crippen molar-refractivity contribution in [3.05, 3.63) is 41.7 Å². The molecule has 0 radical (unpaired) electrons. The SMILES string of the molecule is COP(=O)(OC)C(=O)/C=C/c1ccc(F)cc1. The molecule has 4 nitrogen and oxygen atoms in total. The molecule has 1 aromatic rings. The zero-order valence-corrected chi connectivity index (χ0v) is 10.3. The fraction of sp³-hybridized carbons (Fsp3) is 0.182. The third-order valence-corrected chi connectivity index (χ3v) is 3.69. The van der Waals surface area contributed by atoms with Crippen LogP contribution in [-0.2, 0) is 18.4 Å². The zero-order valence-electron chi connectivity index (χ0n) is 9.42. The second-order valence-corrected chi connectivity index (χ2v) is 5.25. The molecule has 92 valence electrons. The Morgan fingerprint density at radius 3 is 2.24 bits per heavy atom. The number of hydrogen-bond acceptors (Lipinski definition) is 4. The van der Waals surface area contributed by atoms with Crippen molar-refractivity contribution in [2.75, 3.05) is 14.2 Å². The Hall–Kier alpha value is -1.29. The smallest absolute Gasteiger partial charge is 0.306 e. The lowest BCUT2D eigenvalue weighted by Crippen LogP contribution is -1.99. The fourth-order valence-corrected chi connectivity index (χ4v) is 1.85. The summed E-state index contributed by atoms with van der Waals surface area (Å²) in [6, 6.07) is 5.50. The van der Waals surface area contributed by atoms with Crippen molar-refractivity contribution in [2.45, 2.75) is 0 Å². The van der Waals surface area contributed by atoms with E-state index in [9.17, 15) is 13.8 Å². The van der Waals surface area contributed by atoms with E-state index in [1.165, 1.54) is 30.3 Å². The first-order valence-corrected chi connectivity index (χ1v) is 6.26. The fourth-order valence-electron chi connectivity index (χ4n) is 1.09. The third kappa shape index (κ3) is 3.60. The highest BCUT2D eigenvalue weighted by Gasteiger charge is 2.29. The van der Waals surface area contributed by atoms with Crippen LogP contribution in [0.4, 0.5) is 4.39 Å². The molecule has 17 heavy (non-hydrogen) atoms. The minimum absolute atomic E-state index is 0.368. The van der Waals surface area contributed by atoms with E-state index in [2.05, 4.69) is 9.05 Å². The molecule has 0 bridgehead atoms. The summed E-state index contributed by atoms with van der Waals surface area (Å²) in [5, 5.41) is 0. The average molecular weight is 258 g/mol. The van der Waals surface area contributed by atoms with E-state index >= 15 is 0 Å². The van der Waals surface area contributed by atoms with Crippen molar-refractivity contribution >= 4 is 19.2 Å². The number of allylic oxidation sites excluding steroid dienone is 1. The Bertz CT molecular complexity index is 459. The van der Waals surface area contributed by atoms with Gasteiger partial charge in [-0.05, 0) is 23.8 Å². The number of rotatable bonds is 5. The average Bonchev–Trinajstić information content (AvgIpc) is 2.36. The van der Waals surface area contributed by atoms with E-state index < -0.39 is 13.1 Å². The van der Waals surface area contributed by atoms with Gasteiger partial charge in [-0.15, -0.1) is 0 Å². The Morgan fingerprint density at radius 1 is 1.24 bits per heavy atom. The van der Waals surface area contributed by atoms with E-state index in [-0.39, 0.29) is 5.82 Å². The molecule has 0 aromatic heterocycles. The predicted octanol–water partition coefficient (Wildman–Crippen LogP) is 2.85. The van der Waals surface area contributed by atoms with Gasteiger partial charge in [-0.1, -0.05) is 18.2 Å². The topological polar surface area (TPSA) is 52.6 Å². The van der Waals surface area contributed by atoms with Crippen molar-refractivity contribution in [3.63, 3.8) is 0 Å². The molecule has 0 atom stereocenters. The lowest BCUT2D eigenvalue weighted by molar-refractivity contribution is -0.109. The van der Waals surface area contributed by atoms with E-state index in [1.807, 2.05) is 0 Å². The first kappa shape index (κ1) is 13.8. The maximum absolute atomic E-state index is 12.6. The summed E-state index contributed by atoms with van der Waals surface area (Å²) in [4.78, 5) is 11.5. The lowest BCUT2D eigenvalue weighted by atomic mass is 10.2. The van der Waals surface area contributed by atoms with E-state index in [0.29, 0.717) is 5.56 Å². The predicted molar refractivity (Wildman–Crippen MR) is 62.1 cm³/mol.